The second kappa shape index (κ2) is 7.41. The number of rotatable bonds is 5. The van der Waals surface area contributed by atoms with E-state index in [-0.39, 0.29) is 23.5 Å². The first-order valence-corrected chi connectivity index (χ1v) is 9.68. The molecule has 1 amide bonds. The highest BCUT2D eigenvalue weighted by Gasteiger charge is 2.15. The number of nitrogens with one attached hydrogen (secondary N) is 1. The lowest BCUT2D eigenvalue weighted by Crippen LogP contribution is -2.14. The van der Waals surface area contributed by atoms with Crippen molar-refractivity contribution in [2.45, 2.75) is 11.9 Å². The van der Waals surface area contributed by atoms with Crippen molar-refractivity contribution in [1.29, 1.82) is 0 Å². The van der Waals surface area contributed by atoms with Crippen LogP contribution in [-0.2, 0) is 4.79 Å². The minimum absolute atomic E-state index is 0.0634. The Morgan fingerprint density at radius 1 is 1.30 bits per heavy atom. The van der Waals surface area contributed by atoms with Crippen LogP contribution in [-0.4, -0.2) is 31.8 Å². The lowest BCUT2D eigenvalue weighted by Gasteiger charge is -2.05. The topological polar surface area (TPSA) is 93.8 Å². The summed E-state index contributed by atoms with van der Waals surface area (Å²) in [6.45, 7) is 1.67. The fourth-order valence-electron chi connectivity index (χ4n) is 2.44. The maximum absolute atomic E-state index is 13.2. The number of nitrogens with zero attached hydrogens (tertiary/aromatic N) is 4. The predicted octanol–water partition coefficient (Wildman–Crippen LogP) is 3.92. The van der Waals surface area contributed by atoms with Crippen LogP contribution in [0.2, 0.25) is 0 Å². The van der Waals surface area contributed by atoms with Crippen LogP contribution in [0, 0.1) is 12.7 Å². The molecule has 1 N–H and O–H groups in total. The van der Waals surface area contributed by atoms with Crippen molar-refractivity contribution in [1.82, 2.24) is 20.1 Å². The van der Waals surface area contributed by atoms with Crippen LogP contribution in [0.4, 0.5) is 10.4 Å². The number of aryl methyl sites for hydroxylation is 1. The zero-order valence-electron chi connectivity index (χ0n) is 14.0. The van der Waals surface area contributed by atoms with E-state index in [9.17, 15) is 9.18 Å². The molecule has 4 aromatic rings. The number of anilines is 1. The van der Waals surface area contributed by atoms with Crippen LogP contribution in [0.25, 0.3) is 21.3 Å². The molecule has 0 radical (unpaired) electrons. The van der Waals surface area contributed by atoms with Crippen LogP contribution in [0.5, 0.6) is 0 Å². The second-order valence-corrected chi connectivity index (χ2v) is 7.32. The number of amides is 1. The fourth-order valence-corrected chi connectivity index (χ4v) is 4.23. The Morgan fingerprint density at radius 2 is 2.11 bits per heavy atom. The van der Waals surface area contributed by atoms with Gasteiger partial charge in [0.1, 0.15) is 22.0 Å². The molecule has 10 heteroatoms. The van der Waals surface area contributed by atoms with E-state index in [1.165, 1.54) is 41.6 Å². The minimum Gasteiger partial charge on any atom is -0.315 e. The van der Waals surface area contributed by atoms with Crippen LogP contribution >= 0.6 is 23.1 Å². The number of fused-ring (bicyclic) bond motifs is 1. The first-order valence-electron chi connectivity index (χ1n) is 7.81. The first kappa shape index (κ1) is 17.6. The fraction of sp³-hybridized carbons (Fsp3) is 0.118. The third-order valence-corrected chi connectivity index (χ3v) is 5.48. The zero-order valence-corrected chi connectivity index (χ0v) is 15.6. The van der Waals surface area contributed by atoms with Gasteiger partial charge in [-0.25, -0.2) is 14.4 Å². The Bertz CT molecular complexity index is 1110. The van der Waals surface area contributed by atoms with Gasteiger partial charge in [-0.05, 0) is 24.6 Å². The van der Waals surface area contributed by atoms with E-state index in [1.54, 1.807) is 19.1 Å². The Labute approximate surface area is 161 Å². The van der Waals surface area contributed by atoms with E-state index in [1.807, 2.05) is 5.38 Å². The summed E-state index contributed by atoms with van der Waals surface area (Å²) in [5.41, 5.74) is 1.77. The van der Waals surface area contributed by atoms with E-state index in [0.717, 1.165) is 21.3 Å². The Morgan fingerprint density at radius 3 is 2.85 bits per heavy atom. The lowest BCUT2D eigenvalue weighted by molar-refractivity contribution is -0.114. The summed E-state index contributed by atoms with van der Waals surface area (Å²) < 4.78 is 18.1. The summed E-state index contributed by atoms with van der Waals surface area (Å²) in [4.78, 5) is 25.5. The third-order valence-electron chi connectivity index (χ3n) is 3.60. The summed E-state index contributed by atoms with van der Waals surface area (Å²) in [6.07, 6.45) is 1.47. The highest BCUT2D eigenvalue weighted by atomic mass is 32.2. The predicted molar refractivity (Wildman–Crippen MR) is 101 cm³/mol. The van der Waals surface area contributed by atoms with E-state index in [0.29, 0.717) is 10.9 Å². The molecule has 136 valence electrons. The highest BCUT2D eigenvalue weighted by Crippen LogP contribution is 2.37. The standard InChI is InChI=1S/C17H12FN5O2S2/c1-9-21-17(25-23-9)22-13(24)7-27-16-14-12(6-26-15(14)19-8-20-16)10-2-4-11(18)5-3-10/h2-6,8H,7H2,1H3,(H,21,22,23,24). The molecule has 0 aliphatic carbocycles. The molecule has 3 aromatic heterocycles. The molecule has 1 aromatic carbocycles. The molecule has 0 fully saturated rings. The molecular formula is C17H12FN5O2S2. The molecule has 7 nitrogen and oxygen atoms in total. The number of hydrogen-bond acceptors (Lipinski definition) is 8. The van der Waals surface area contributed by atoms with Gasteiger partial charge >= 0.3 is 6.01 Å². The van der Waals surface area contributed by atoms with Gasteiger partial charge in [0, 0.05) is 10.9 Å². The van der Waals surface area contributed by atoms with Gasteiger partial charge in [0.2, 0.25) is 5.91 Å². The quantitative estimate of drug-likeness (QED) is 0.400. The van der Waals surface area contributed by atoms with Crippen molar-refractivity contribution < 1.29 is 13.7 Å². The van der Waals surface area contributed by atoms with Crippen molar-refractivity contribution in [2.24, 2.45) is 0 Å². The molecular weight excluding hydrogens is 389 g/mol. The summed E-state index contributed by atoms with van der Waals surface area (Å²) in [5, 5.41) is 9.65. The van der Waals surface area contributed by atoms with Crippen LogP contribution in [0.3, 0.4) is 0 Å². The van der Waals surface area contributed by atoms with E-state index < -0.39 is 0 Å². The molecule has 0 aliphatic rings. The lowest BCUT2D eigenvalue weighted by atomic mass is 10.1. The van der Waals surface area contributed by atoms with Gasteiger partial charge in [-0.2, -0.15) is 4.98 Å². The van der Waals surface area contributed by atoms with Crippen LogP contribution < -0.4 is 5.32 Å². The maximum atomic E-state index is 13.2. The van der Waals surface area contributed by atoms with E-state index in [4.69, 9.17) is 4.52 Å². The van der Waals surface area contributed by atoms with Gasteiger partial charge in [0.15, 0.2) is 5.82 Å². The second-order valence-electron chi connectivity index (χ2n) is 5.50. The number of hydrogen-bond donors (Lipinski definition) is 1. The zero-order chi connectivity index (χ0) is 18.8. The number of thioether (sulfide) groups is 1. The smallest absolute Gasteiger partial charge is 0.315 e. The Balaban J connectivity index is 1.57. The SMILES string of the molecule is Cc1noc(NC(=O)CSc2ncnc3scc(-c4ccc(F)cc4)c23)n1. The number of halogens is 1. The number of carbonyl (C=O) groups excluding carboxylic acids is 1. The largest absolute Gasteiger partial charge is 0.328 e. The number of aromatic nitrogens is 4. The van der Waals surface area contributed by atoms with Crippen molar-refractivity contribution in [3.63, 3.8) is 0 Å². The molecule has 3 heterocycles. The van der Waals surface area contributed by atoms with Gasteiger partial charge in [-0.15, -0.1) is 11.3 Å². The van der Waals surface area contributed by atoms with Crippen LogP contribution in [0.15, 0.2) is 45.5 Å². The average Bonchev–Trinajstić information content (AvgIpc) is 3.27. The van der Waals surface area contributed by atoms with Crippen molar-refractivity contribution in [3.05, 3.63) is 47.6 Å². The maximum Gasteiger partial charge on any atom is 0.328 e. The van der Waals surface area contributed by atoms with Crippen molar-refractivity contribution in [3.8, 4) is 11.1 Å². The first-order chi connectivity index (χ1) is 13.1. The molecule has 27 heavy (non-hydrogen) atoms. The highest BCUT2D eigenvalue weighted by molar-refractivity contribution is 8.00. The van der Waals surface area contributed by atoms with Crippen molar-refractivity contribution >= 4 is 45.2 Å². The van der Waals surface area contributed by atoms with E-state index in [2.05, 4.69) is 25.4 Å². The molecule has 4 rings (SSSR count). The molecule has 0 aliphatic heterocycles. The van der Waals surface area contributed by atoms with Crippen molar-refractivity contribution in [2.75, 3.05) is 11.1 Å². The molecule has 0 saturated carbocycles. The van der Waals surface area contributed by atoms with Gasteiger partial charge in [0.05, 0.1) is 11.1 Å². The van der Waals surface area contributed by atoms with E-state index >= 15 is 0 Å². The summed E-state index contributed by atoms with van der Waals surface area (Å²) >= 11 is 2.76. The summed E-state index contributed by atoms with van der Waals surface area (Å²) in [5.74, 6) is -0.0181. The van der Waals surface area contributed by atoms with Gasteiger partial charge in [-0.3, -0.25) is 10.1 Å². The van der Waals surface area contributed by atoms with Crippen LogP contribution in [0.1, 0.15) is 5.82 Å². The van der Waals surface area contributed by atoms with Gasteiger partial charge in [-0.1, -0.05) is 29.1 Å². The summed E-state index contributed by atoms with van der Waals surface area (Å²) in [6, 6.07) is 6.31. The number of benzene rings is 1. The Hall–Kier alpha value is -2.85. The molecule has 0 saturated heterocycles. The average molecular weight is 401 g/mol. The minimum atomic E-state index is -0.294. The molecule has 0 spiro atoms. The normalized spacial score (nSPS) is 11.0. The number of carbonyl (C=O) groups is 1. The Kier molecular flexibility index (Phi) is 4.82. The summed E-state index contributed by atoms with van der Waals surface area (Å²) in [7, 11) is 0. The number of thiophene rings is 1. The molecule has 0 atom stereocenters. The molecule has 0 unspecified atom stereocenters. The van der Waals surface area contributed by atoms with Gasteiger partial charge < -0.3 is 4.52 Å². The monoisotopic (exact) mass is 401 g/mol. The molecule has 0 bridgehead atoms. The third kappa shape index (κ3) is 3.81. The van der Waals surface area contributed by atoms with Gasteiger partial charge in [0.25, 0.3) is 0 Å².